The van der Waals surface area contributed by atoms with Gasteiger partial charge in [-0.1, -0.05) is 152 Å². The minimum absolute atomic E-state index is 0.553. The molecular formula is C52H32N6S. The molecule has 0 bridgehead atoms. The summed E-state index contributed by atoms with van der Waals surface area (Å²) in [7, 11) is 0. The standard InChI is InChI=1S/C52H32N6S/c1-3-15-33(16-4-1)35-19-13-20-36(31-35)50-54-49(34-17-5-2-6-18-34)55-52(56-50)58-45-27-11-8-24-40(45)42-30-29-41-39-23-7-10-26-44(39)57(47(41)48(42)58)38-22-14-21-37(32-38)51-53-43-25-9-12-28-46(43)59-51/h1-32H. The van der Waals surface area contributed by atoms with Crippen molar-refractivity contribution in [2.75, 3.05) is 0 Å². The molecule has 59 heavy (non-hydrogen) atoms. The molecule has 0 amide bonds. The molecule has 276 valence electrons. The monoisotopic (exact) mass is 772 g/mol. The first-order valence-corrected chi connectivity index (χ1v) is 20.5. The van der Waals surface area contributed by atoms with E-state index in [1.165, 1.54) is 10.1 Å². The Bertz CT molecular complexity index is 3530. The molecule has 4 heterocycles. The van der Waals surface area contributed by atoms with Crippen LogP contribution in [0.25, 0.3) is 110 Å². The molecule has 12 aromatic rings. The molecule has 0 unspecified atom stereocenters. The van der Waals surface area contributed by atoms with Crippen molar-refractivity contribution in [1.29, 1.82) is 0 Å². The fourth-order valence-electron chi connectivity index (χ4n) is 8.53. The molecule has 12 rings (SSSR count). The summed E-state index contributed by atoms with van der Waals surface area (Å²) in [4.78, 5) is 20.9. The quantitative estimate of drug-likeness (QED) is 0.169. The predicted octanol–water partition coefficient (Wildman–Crippen LogP) is 13.3. The lowest BCUT2D eigenvalue weighted by Crippen LogP contribution is -2.07. The van der Waals surface area contributed by atoms with E-state index in [1.807, 2.05) is 30.3 Å². The van der Waals surface area contributed by atoms with Crippen LogP contribution in [0.5, 0.6) is 0 Å². The summed E-state index contributed by atoms with van der Waals surface area (Å²) in [6.45, 7) is 0. The Balaban J connectivity index is 1.16. The summed E-state index contributed by atoms with van der Waals surface area (Å²) in [5, 5.41) is 5.56. The minimum Gasteiger partial charge on any atom is -0.307 e. The third-order valence-corrected chi connectivity index (χ3v) is 12.3. The van der Waals surface area contributed by atoms with Crippen LogP contribution in [0.2, 0.25) is 0 Å². The van der Waals surface area contributed by atoms with Crippen molar-refractivity contribution in [3.63, 3.8) is 0 Å². The molecule has 0 saturated heterocycles. The Morgan fingerprint density at radius 3 is 1.66 bits per heavy atom. The van der Waals surface area contributed by atoms with Gasteiger partial charge in [0.2, 0.25) is 5.95 Å². The summed E-state index contributed by atoms with van der Waals surface area (Å²) in [5.41, 5.74) is 11.5. The van der Waals surface area contributed by atoms with E-state index in [4.69, 9.17) is 19.9 Å². The highest BCUT2D eigenvalue weighted by Crippen LogP contribution is 2.42. The predicted molar refractivity (Wildman–Crippen MR) is 243 cm³/mol. The second kappa shape index (κ2) is 13.4. The zero-order chi connectivity index (χ0) is 38.9. The number of aromatic nitrogens is 6. The van der Waals surface area contributed by atoms with Crippen LogP contribution in [0.1, 0.15) is 0 Å². The van der Waals surface area contributed by atoms with Gasteiger partial charge in [0, 0.05) is 43.9 Å². The van der Waals surface area contributed by atoms with Crippen molar-refractivity contribution in [3.05, 3.63) is 194 Å². The number of rotatable bonds is 6. The number of hydrogen-bond donors (Lipinski definition) is 0. The molecule has 0 fully saturated rings. The number of thiazole rings is 1. The molecule has 8 aromatic carbocycles. The van der Waals surface area contributed by atoms with Crippen LogP contribution in [-0.4, -0.2) is 29.1 Å². The second-order valence-electron chi connectivity index (χ2n) is 14.7. The van der Waals surface area contributed by atoms with Gasteiger partial charge >= 0.3 is 0 Å². The molecule has 0 atom stereocenters. The summed E-state index contributed by atoms with van der Waals surface area (Å²) in [6.07, 6.45) is 0. The van der Waals surface area contributed by atoms with Crippen LogP contribution in [0.15, 0.2) is 194 Å². The minimum atomic E-state index is 0.553. The van der Waals surface area contributed by atoms with Crippen molar-refractivity contribution in [3.8, 4) is 56.1 Å². The second-order valence-corrected chi connectivity index (χ2v) is 15.7. The fraction of sp³-hybridized carbons (Fsp3) is 0. The number of fused-ring (bicyclic) bond motifs is 8. The van der Waals surface area contributed by atoms with Gasteiger partial charge in [0.05, 0.1) is 32.3 Å². The van der Waals surface area contributed by atoms with E-state index >= 15 is 0 Å². The highest BCUT2D eigenvalue weighted by molar-refractivity contribution is 7.21. The van der Waals surface area contributed by atoms with E-state index in [9.17, 15) is 0 Å². The van der Waals surface area contributed by atoms with Gasteiger partial charge in [-0.3, -0.25) is 4.57 Å². The third-order valence-electron chi connectivity index (χ3n) is 11.2. The van der Waals surface area contributed by atoms with Crippen LogP contribution in [0, 0.1) is 0 Å². The fourth-order valence-corrected chi connectivity index (χ4v) is 9.49. The zero-order valence-corrected chi connectivity index (χ0v) is 32.4. The first kappa shape index (κ1) is 33.4. The Kier molecular flexibility index (Phi) is 7.61. The Morgan fingerprint density at radius 1 is 0.356 bits per heavy atom. The molecule has 6 nitrogen and oxygen atoms in total. The molecular weight excluding hydrogens is 741 g/mol. The van der Waals surface area contributed by atoms with E-state index in [2.05, 4.69) is 173 Å². The van der Waals surface area contributed by atoms with E-state index in [1.54, 1.807) is 11.3 Å². The molecule has 4 aromatic heterocycles. The van der Waals surface area contributed by atoms with Gasteiger partial charge < -0.3 is 4.57 Å². The third kappa shape index (κ3) is 5.47. The maximum atomic E-state index is 5.37. The lowest BCUT2D eigenvalue weighted by atomic mass is 10.0. The van der Waals surface area contributed by atoms with E-state index < -0.39 is 0 Å². The summed E-state index contributed by atoms with van der Waals surface area (Å²) >= 11 is 1.72. The van der Waals surface area contributed by atoms with Crippen molar-refractivity contribution >= 4 is 65.2 Å². The number of benzene rings is 8. The molecule has 0 spiro atoms. The number of nitrogens with zero attached hydrogens (tertiary/aromatic N) is 6. The summed E-state index contributed by atoms with van der Waals surface area (Å²) < 4.78 is 5.83. The molecule has 0 aliphatic carbocycles. The maximum absolute atomic E-state index is 5.37. The molecule has 0 N–H and O–H groups in total. The Labute approximate surface area is 343 Å². The van der Waals surface area contributed by atoms with Crippen LogP contribution in [-0.2, 0) is 0 Å². The van der Waals surface area contributed by atoms with Gasteiger partial charge in [0.25, 0.3) is 0 Å². The lowest BCUT2D eigenvalue weighted by molar-refractivity contribution is 0.953. The van der Waals surface area contributed by atoms with Gasteiger partial charge in [-0.05, 0) is 53.6 Å². The van der Waals surface area contributed by atoms with Gasteiger partial charge in [-0.15, -0.1) is 11.3 Å². The van der Waals surface area contributed by atoms with E-state index in [0.717, 1.165) is 82.3 Å². The number of para-hydroxylation sites is 3. The molecule has 0 aliphatic heterocycles. The van der Waals surface area contributed by atoms with Crippen molar-refractivity contribution in [1.82, 2.24) is 29.1 Å². The molecule has 7 heteroatoms. The van der Waals surface area contributed by atoms with Crippen LogP contribution < -0.4 is 0 Å². The summed E-state index contributed by atoms with van der Waals surface area (Å²) in [5.74, 6) is 1.77. The topological polar surface area (TPSA) is 61.4 Å². The van der Waals surface area contributed by atoms with Crippen molar-refractivity contribution in [2.45, 2.75) is 0 Å². The Morgan fingerprint density at radius 2 is 0.915 bits per heavy atom. The van der Waals surface area contributed by atoms with E-state index in [0.29, 0.717) is 17.6 Å². The lowest BCUT2D eigenvalue weighted by Gasteiger charge is -2.14. The summed E-state index contributed by atoms with van der Waals surface area (Å²) in [6, 6.07) is 68.0. The number of hydrogen-bond acceptors (Lipinski definition) is 5. The zero-order valence-electron chi connectivity index (χ0n) is 31.6. The van der Waals surface area contributed by atoms with Gasteiger partial charge in [0.15, 0.2) is 11.6 Å². The van der Waals surface area contributed by atoms with Gasteiger partial charge in [-0.2, -0.15) is 9.97 Å². The average Bonchev–Trinajstić information content (AvgIpc) is 4.00. The first-order valence-electron chi connectivity index (χ1n) is 19.6. The molecule has 0 aliphatic rings. The Hall–Kier alpha value is -7.74. The van der Waals surface area contributed by atoms with Gasteiger partial charge in [0.1, 0.15) is 5.01 Å². The SMILES string of the molecule is c1ccc(-c2cccc(-c3nc(-c4ccccc4)nc(-n4c5ccccc5c5ccc6c7ccccc7n(-c7cccc(-c8nc9ccccc9s8)c7)c6c54)n3)c2)cc1. The average molecular weight is 773 g/mol. The highest BCUT2D eigenvalue weighted by Gasteiger charge is 2.24. The van der Waals surface area contributed by atoms with Crippen molar-refractivity contribution in [2.24, 2.45) is 0 Å². The van der Waals surface area contributed by atoms with Crippen molar-refractivity contribution < 1.29 is 0 Å². The molecule has 0 saturated carbocycles. The normalized spacial score (nSPS) is 11.7. The molecule has 0 radical (unpaired) electrons. The largest absolute Gasteiger partial charge is 0.307 e. The highest BCUT2D eigenvalue weighted by atomic mass is 32.1. The van der Waals surface area contributed by atoms with E-state index in [-0.39, 0.29) is 0 Å². The van der Waals surface area contributed by atoms with Gasteiger partial charge in [-0.25, -0.2) is 9.97 Å². The van der Waals surface area contributed by atoms with Crippen LogP contribution in [0.4, 0.5) is 0 Å². The first-order chi connectivity index (χ1) is 29.2. The smallest absolute Gasteiger partial charge is 0.238 e. The maximum Gasteiger partial charge on any atom is 0.238 e. The van der Waals surface area contributed by atoms with Crippen LogP contribution >= 0.6 is 11.3 Å². The van der Waals surface area contributed by atoms with Crippen LogP contribution in [0.3, 0.4) is 0 Å².